The Labute approximate surface area is 183 Å². The number of hydrogen-bond donors (Lipinski definition) is 0. The molecule has 31 heavy (non-hydrogen) atoms. The number of nitrogens with zero attached hydrogens (tertiary/aromatic N) is 1. The van der Waals surface area contributed by atoms with Crippen molar-refractivity contribution in [3.63, 3.8) is 0 Å². The first-order valence-electron chi connectivity index (χ1n) is 10.2. The predicted molar refractivity (Wildman–Crippen MR) is 129 cm³/mol. The zero-order chi connectivity index (χ0) is 21.5. The molecule has 0 aromatic heterocycles. The molecule has 0 radical (unpaired) electrons. The minimum Gasteiger partial charge on any atom is -0.438 e. The van der Waals surface area contributed by atoms with Gasteiger partial charge in [-0.05, 0) is 22.5 Å². The summed E-state index contributed by atoms with van der Waals surface area (Å²) in [6.45, 7) is 1.70. The van der Waals surface area contributed by atoms with E-state index in [1.54, 1.807) is 19.1 Å². The van der Waals surface area contributed by atoms with Crippen molar-refractivity contribution >= 4 is 35.4 Å². The Morgan fingerprint density at radius 2 is 0.968 bits per heavy atom. The van der Waals surface area contributed by atoms with Gasteiger partial charge in [-0.1, -0.05) is 121 Å². The fourth-order valence-electron chi connectivity index (χ4n) is 3.65. The van der Waals surface area contributed by atoms with Crippen molar-refractivity contribution in [2.75, 3.05) is 0 Å². The summed E-state index contributed by atoms with van der Waals surface area (Å²) in [4.78, 5) is 12.9. The van der Waals surface area contributed by atoms with Crippen molar-refractivity contribution in [1.29, 1.82) is 0 Å². The van der Waals surface area contributed by atoms with Crippen LogP contribution in [0, 0.1) is 0 Å². The first-order chi connectivity index (χ1) is 15.2. The van der Waals surface area contributed by atoms with Crippen molar-refractivity contribution < 1.29 is 9.32 Å². The number of carbonyl (C=O) groups is 1. The molecule has 152 valence electrons. The summed E-state index contributed by atoms with van der Waals surface area (Å²) in [5.74, 6) is -0.141. The lowest BCUT2D eigenvalue weighted by Crippen LogP contribution is -2.68. The summed E-state index contributed by atoms with van der Waals surface area (Å²) in [6, 6.07) is 39.7. The highest BCUT2D eigenvalue weighted by Gasteiger charge is 2.45. The zero-order valence-electron chi connectivity index (χ0n) is 17.3. The molecule has 0 N–H and O–H groups in total. The Kier molecular flexibility index (Phi) is 6.20. The van der Waals surface area contributed by atoms with E-state index in [-0.39, 0.29) is 5.78 Å². The fourth-order valence-corrected chi connectivity index (χ4v) is 7.23. The summed E-state index contributed by atoms with van der Waals surface area (Å²) in [7, 11) is -2.97. The van der Waals surface area contributed by atoms with Crippen molar-refractivity contribution in [1.82, 2.24) is 0 Å². The maximum atomic E-state index is 12.9. The minimum absolute atomic E-state index is 0.141. The lowest BCUT2D eigenvalue weighted by atomic mass is 10.1. The second-order valence-electron chi connectivity index (χ2n) is 7.24. The van der Waals surface area contributed by atoms with E-state index in [4.69, 9.17) is 4.53 Å². The van der Waals surface area contributed by atoms with Crippen LogP contribution in [-0.2, 0) is 4.53 Å². The van der Waals surface area contributed by atoms with Gasteiger partial charge in [-0.25, -0.2) is 0 Å². The molecule has 0 unspecified atom stereocenters. The molecule has 0 heterocycles. The second kappa shape index (κ2) is 9.37. The normalized spacial score (nSPS) is 11.7. The van der Waals surface area contributed by atoms with E-state index >= 15 is 0 Å². The topological polar surface area (TPSA) is 38.7 Å². The van der Waals surface area contributed by atoms with Gasteiger partial charge >= 0.3 is 8.32 Å². The molecule has 0 aliphatic carbocycles. The van der Waals surface area contributed by atoms with Crippen LogP contribution in [0.1, 0.15) is 17.3 Å². The highest BCUT2D eigenvalue weighted by Crippen LogP contribution is 2.11. The largest absolute Gasteiger partial charge is 0.438 e. The van der Waals surface area contributed by atoms with E-state index in [2.05, 4.69) is 41.6 Å². The van der Waals surface area contributed by atoms with Gasteiger partial charge in [0.25, 0.3) is 0 Å². The molecule has 4 aromatic rings. The number of hydrogen-bond acceptors (Lipinski definition) is 3. The molecule has 4 heteroatoms. The predicted octanol–water partition coefficient (Wildman–Crippen LogP) is 3.93. The van der Waals surface area contributed by atoms with Gasteiger partial charge in [-0.3, -0.25) is 4.79 Å². The second-order valence-corrected chi connectivity index (χ2v) is 10.5. The van der Waals surface area contributed by atoms with E-state index in [0.29, 0.717) is 11.3 Å². The van der Waals surface area contributed by atoms with Crippen LogP contribution in [-0.4, -0.2) is 19.8 Å². The Morgan fingerprint density at radius 1 is 0.613 bits per heavy atom. The van der Waals surface area contributed by atoms with Crippen molar-refractivity contribution in [3.8, 4) is 0 Å². The highest BCUT2D eigenvalue weighted by molar-refractivity contribution is 7.07. The van der Waals surface area contributed by atoms with Gasteiger partial charge in [0.2, 0.25) is 5.78 Å². The average Bonchev–Trinajstić information content (AvgIpc) is 2.86. The number of rotatable bonds is 7. The van der Waals surface area contributed by atoms with Gasteiger partial charge in [0, 0.05) is 5.56 Å². The van der Waals surface area contributed by atoms with Crippen LogP contribution in [0.3, 0.4) is 0 Å². The Morgan fingerprint density at radius 3 is 1.35 bits per heavy atom. The highest BCUT2D eigenvalue weighted by atomic mass is 28.4. The molecule has 0 amide bonds. The molecular formula is C27H23NO2Si. The van der Waals surface area contributed by atoms with Crippen LogP contribution in [0.15, 0.2) is 126 Å². The van der Waals surface area contributed by atoms with Crippen LogP contribution < -0.4 is 15.6 Å². The number of Topliss-reactive ketones (excluding diaryl/α,β-unsaturated/α-hetero) is 1. The molecular weight excluding hydrogens is 398 g/mol. The van der Waals surface area contributed by atoms with Gasteiger partial charge in [0.05, 0.1) is 0 Å². The zero-order valence-corrected chi connectivity index (χ0v) is 18.3. The molecule has 0 atom stereocenters. The molecule has 3 nitrogen and oxygen atoms in total. The molecule has 0 fully saturated rings. The van der Waals surface area contributed by atoms with Crippen LogP contribution in [0.2, 0.25) is 0 Å². The molecule has 0 saturated heterocycles. The van der Waals surface area contributed by atoms with E-state index in [1.807, 2.05) is 72.8 Å². The van der Waals surface area contributed by atoms with E-state index in [9.17, 15) is 4.79 Å². The quantitative estimate of drug-likeness (QED) is 0.149. The fraction of sp³-hybridized carbons (Fsp3) is 0.0370. The van der Waals surface area contributed by atoms with Crippen molar-refractivity contribution in [2.45, 2.75) is 6.92 Å². The number of oxime groups is 1. The molecule has 0 bridgehead atoms. The molecule has 4 rings (SSSR count). The van der Waals surface area contributed by atoms with Gasteiger partial charge in [-0.15, -0.1) is 5.16 Å². The van der Waals surface area contributed by atoms with Gasteiger partial charge in [0.15, 0.2) is 0 Å². The Hall–Kier alpha value is -3.76. The SMILES string of the molecule is C/C(=N\O[Si](c1ccccc1)(c1ccccc1)c1ccccc1)C(=O)c1ccccc1. The molecule has 0 spiro atoms. The average molecular weight is 422 g/mol. The Bertz CT molecular complexity index is 1060. The van der Waals surface area contributed by atoms with E-state index in [0.717, 1.165) is 15.6 Å². The lowest BCUT2D eigenvalue weighted by molar-refractivity contribution is 0.106. The first kappa shape index (κ1) is 20.5. The molecule has 0 aliphatic rings. The van der Waals surface area contributed by atoms with Crippen LogP contribution in [0.4, 0.5) is 0 Å². The van der Waals surface area contributed by atoms with Gasteiger partial charge in [-0.2, -0.15) is 0 Å². The third-order valence-electron chi connectivity index (χ3n) is 5.23. The first-order valence-corrected chi connectivity index (χ1v) is 12.1. The summed E-state index contributed by atoms with van der Waals surface area (Å²) < 4.78 is 6.50. The molecule has 4 aromatic carbocycles. The number of benzene rings is 4. The summed E-state index contributed by atoms with van der Waals surface area (Å²) in [5.41, 5.74) is 0.921. The molecule has 0 aliphatic heterocycles. The number of ketones is 1. The van der Waals surface area contributed by atoms with E-state index in [1.165, 1.54) is 0 Å². The van der Waals surface area contributed by atoms with Gasteiger partial charge < -0.3 is 4.53 Å². The standard InChI is InChI=1S/C27H23NO2Si/c1-22(27(29)23-14-6-2-7-15-23)28-30-31(24-16-8-3-9-17-24,25-18-10-4-11-19-25)26-20-12-5-13-21-26/h2-21H,1H3/b28-22+. The summed E-state index contributed by atoms with van der Waals surface area (Å²) in [6.07, 6.45) is 0. The third-order valence-corrected chi connectivity index (χ3v) is 9.03. The third kappa shape index (κ3) is 4.25. The number of carbonyl (C=O) groups excluding carboxylic acids is 1. The van der Waals surface area contributed by atoms with Crippen molar-refractivity contribution in [2.24, 2.45) is 5.16 Å². The maximum absolute atomic E-state index is 12.9. The van der Waals surface area contributed by atoms with Crippen LogP contribution in [0.25, 0.3) is 0 Å². The van der Waals surface area contributed by atoms with Gasteiger partial charge in [0.1, 0.15) is 5.71 Å². The monoisotopic (exact) mass is 421 g/mol. The van der Waals surface area contributed by atoms with Crippen LogP contribution in [0.5, 0.6) is 0 Å². The van der Waals surface area contributed by atoms with E-state index < -0.39 is 8.32 Å². The maximum Gasteiger partial charge on any atom is 0.380 e. The molecule has 0 saturated carbocycles. The Balaban J connectivity index is 1.85. The van der Waals surface area contributed by atoms with Crippen molar-refractivity contribution in [3.05, 3.63) is 127 Å². The lowest BCUT2D eigenvalue weighted by Gasteiger charge is -2.30. The summed E-state index contributed by atoms with van der Waals surface area (Å²) >= 11 is 0. The summed E-state index contributed by atoms with van der Waals surface area (Å²) in [5, 5.41) is 7.63. The smallest absolute Gasteiger partial charge is 0.380 e. The van der Waals surface area contributed by atoms with Crippen LogP contribution >= 0.6 is 0 Å². The minimum atomic E-state index is -2.97.